The van der Waals surface area contributed by atoms with Gasteiger partial charge in [0.15, 0.2) is 6.61 Å². The van der Waals surface area contributed by atoms with Crippen LogP contribution in [0.2, 0.25) is 0 Å². The molecule has 1 fully saturated rings. The van der Waals surface area contributed by atoms with E-state index in [1.165, 1.54) is 19.2 Å². The Balaban J connectivity index is 0.00000225. The van der Waals surface area contributed by atoms with E-state index in [-0.39, 0.29) is 41.5 Å². The van der Waals surface area contributed by atoms with Gasteiger partial charge in [-0.1, -0.05) is 0 Å². The molecule has 2 heterocycles. The first-order valence-corrected chi connectivity index (χ1v) is 9.33. The largest absolute Gasteiger partial charge is 0.495 e. The molecule has 3 rings (SSSR count). The Bertz CT molecular complexity index is 735. The molecule has 0 bridgehead atoms. The molecule has 0 spiro atoms. The molecular weight excluding hydrogens is 370 g/mol. The number of ether oxygens (including phenoxy) is 2. The molecule has 1 atom stereocenters. The number of carbonyl (C=O) groups excluding carboxylic acids is 1. The van der Waals surface area contributed by atoms with Crippen LogP contribution in [0.1, 0.15) is 12.8 Å². The van der Waals surface area contributed by atoms with Crippen molar-refractivity contribution in [1.82, 2.24) is 10.0 Å². The van der Waals surface area contributed by atoms with Gasteiger partial charge < -0.3 is 20.1 Å². The Kier molecular flexibility index (Phi) is 6.50. The molecule has 2 aliphatic rings. The molecule has 1 amide bonds. The third-order valence-corrected chi connectivity index (χ3v) is 5.59. The van der Waals surface area contributed by atoms with E-state index in [2.05, 4.69) is 15.4 Å². The molecule has 0 aliphatic carbocycles. The fourth-order valence-electron chi connectivity index (χ4n) is 2.86. The quantitative estimate of drug-likeness (QED) is 0.683. The molecule has 0 radical (unpaired) electrons. The van der Waals surface area contributed by atoms with Gasteiger partial charge in [-0.15, -0.1) is 12.4 Å². The number of amides is 1. The highest BCUT2D eigenvalue weighted by molar-refractivity contribution is 7.89. The van der Waals surface area contributed by atoms with Crippen molar-refractivity contribution in [3.63, 3.8) is 0 Å². The number of benzene rings is 1. The zero-order valence-corrected chi connectivity index (χ0v) is 15.5. The number of carbonyl (C=O) groups is 1. The Morgan fingerprint density at radius 3 is 2.88 bits per heavy atom. The van der Waals surface area contributed by atoms with Crippen LogP contribution in [0.5, 0.6) is 11.5 Å². The van der Waals surface area contributed by atoms with E-state index in [9.17, 15) is 13.2 Å². The van der Waals surface area contributed by atoms with Crippen LogP contribution < -0.4 is 24.8 Å². The first kappa shape index (κ1) is 19.8. The highest BCUT2D eigenvalue weighted by Gasteiger charge is 2.26. The Hall–Kier alpha value is -1.55. The molecular formula is C15H22ClN3O5S. The summed E-state index contributed by atoms with van der Waals surface area (Å²) in [5.74, 6) is 0.458. The van der Waals surface area contributed by atoms with Crippen molar-refractivity contribution < 1.29 is 22.7 Å². The van der Waals surface area contributed by atoms with Crippen molar-refractivity contribution in [3.05, 3.63) is 12.1 Å². The predicted molar refractivity (Wildman–Crippen MR) is 95.1 cm³/mol. The highest BCUT2D eigenvalue weighted by Crippen LogP contribution is 2.37. The molecule has 1 aromatic carbocycles. The number of sulfonamides is 1. The van der Waals surface area contributed by atoms with E-state index in [1.807, 2.05) is 0 Å². The minimum atomic E-state index is -3.74. The SMILES string of the molecule is COc1cc2c(cc1S(=O)(=O)NCC1CCCNC1)OCC(=O)N2.Cl. The average Bonchev–Trinajstić information content (AvgIpc) is 2.59. The molecule has 3 N–H and O–H groups in total. The summed E-state index contributed by atoms with van der Waals surface area (Å²) in [6.07, 6.45) is 2.04. The fourth-order valence-corrected chi connectivity index (χ4v) is 4.14. The van der Waals surface area contributed by atoms with Crippen molar-refractivity contribution in [2.24, 2.45) is 5.92 Å². The Labute approximate surface area is 153 Å². The first-order chi connectivity index (χ1) is 11.5. The number of anilines is 1. The van der Waals surface area contributed by atoms with Crippen LogP contribution in [-0.2, 0) is 14.8 Å². The van der Waals surface area contributed by atoms with E-state index in [1.54, 1.807) is 0 Å². The lowest BCUT2D eigenvalue weighted by Gasteiger charge is -2.24. The lowest BCUT2D eigenvalue weighted by molar-refractivity contribution is -0.118. The molecule has 2 aliphatic heterocycles. The number of hydrogen-bond acceptors (Lipinski definition) is 6. The second kappa shape index (κ2) is 8.22. The number of halogens is 1. The molecule has 0 saturated carbocycles. The lowest BCUT2D eigenvalue weighted by Crippen LogP contribution is -2.38. The number of rotatable bonds is 5. The molecule has 25 heavy (non-hydrogen) atoms. The van der Waals surface area contributed by atoms with Gasteiger partial charge in [-0.3, -0.25) is 4.79 Å². The van der Waals surface area contributed by atoms with E-state index >= 15 is 0 Å². The van der Waals surface area contributed by atoms with Crippen LogP contribution >= 0.6 is 12.4 Å². The van der Waals surface area contributed by atoms with Gasteiger partial charge in [-0.05, 0) is 31.8 Å². The van der Waals surface area contributed by atoms with Gasteiger partial charge in [0, 0.05) is 18.7 Å². The minimum absolute atomic E-state index is 0. The second-order valence-corrected chi connectivity index (χ2v) is 7.64. The van der Waals surface area contributed by atoms with E-state index < -0.39 is 10.0 Å². The molecule has 8 nitrogen and oxygen atoms in total. The van der Waals surface area contributed by atoms with Crippen LogP contribution in [0, 0.1) is 5.92 Å². The zero-order chi connectivity index (χ0) is 17.2. The van der Waals surface area contributed by atoms with Crippen LogP contribution in [0.15, 0.2) is 17.0 Å². The van der Waals surface area contributed by atoms with E-state index in [0.29, 0.717) is 18.0 Å². The Morgan fingerprint density at radius 1 is 1.40 bits per heavy atom. The summed E-state index contributed by atoms with van der Waals surface area (Å²) in [4.78, 5) is 11.4. The van der Waals surface area contributed by atoms with Crippen molar-refractivity contribution in [2.45, 2.75) is 17.7 Å². The van der Waals surface area contributed by atoms with Crippen LogP contribution in [0.4, 0.5) is 5.69 Å². The third kappa shape index (κ3) is 4.55. The molecule has 1 aromatic rings. The second-order valence-electron chi connectivity index (χ2n) is 5.90. The summed E-state index contributed by atoms with van der Waals surface area (Å²) in [5, 5.41) is 5.89. The molecule has 10 heteroatoms. The van der Waals surface area contributed by atoms with Gasteiger partial charge >= 0.3 is 0 Å². The van der Waals surface area contributed by atoms with Gasteiger partial charge in [-0.25, -0.2) is 13.1 Å². The summed E-state index contributed by atoms with van der Waals surface area (Å²) in [5.41, 5.74) is 0.401. The fraction of sp³-hybridized carbons (Fsp3) is 0.533. The first-order valence-electron chi connectivity index (χ1n) is 7.84. The number of nitrogens with one attached hydrogen (secondary N) is 3. The normalized spacial score (nSPS) is 19.9. The molecule has 1 saturated heterocycles. The Morgan fingerprint density at radius 2 is 2.20 bits per heavy atom. The maximum Gasteiger partial charge on any atom is 0.262 e. The minimum Gasteiger partial charge on any atom is -0.495 e. The summed E-state index contributed by atoms with van der Waals surface area (Å²) in [6.45, 7) is 2.01. The van der Waals surface area contributed by atoms with Gasteiger partial charge in [0.25, 0.3) is 5.91 Å². The average molecular weight is 392 g/mol. The highest BCUT2D eigenvalue weighted by atomic mass is 35.5. The van der Waals surface area contributed by atoms with Crippen LogP contribution in [-0.4, -0.2) is 47.7 Å². The molecule has 1 unspecified atom stereocenters. The summed E-state index contributed by atoms with van der Waals surface area (Å²) < 4.78 is 38.4. The summed E-state index contributed by atoms with van der Waals surface area (Å²) in [7, 11) is -2.36. The van der Waals surface area contributed by atoms with Crippen LogP contribution in [0.3, 0.4) is 0 Å². The number of piperidine rings is 1. The van der Waals surface area contributed by atoms with Crippen molar-refractivity contribution in [2.75, 3.05) is 38.7 Å². The van der Waals surface area contributed by atoms with Crippen molar-refractivity contribution >= 4 is 34.0 Å². The third-order valence-electron chi connectivity index (χ3n) is 4.15. The zero-order valence-electron chi connectivity index (χ0n) is 13.8. The van der Waals surface area contributed by atoms with E-state index in [0.717, 1.165) is 25.9 Å². The predicted octanol–water partition coefficient (Wildman–Crippen LogP) is 0.726. The van der Waals surface area contributed by atoms with Gasteiger partial charge in [0.05, 0.1) is 12.8 Å². The number of methoxy groups -OCH3 is 1. The monoisotopic (exact) mass is 391 g/mol. The molecule has 0 aromatic heterocycles. The molecule has 140 valence electrons. The van der Waals surface area contributed by atoms with Crippen molar-refractivity contribution in [1.29, 1.82) is 0 Å². The topological polar surface area (TPSA) is 106 Å². The number of hydrogen-bond donors (Lipinski definition) is 3. The lowest BCUT2D eigenvalue weighted by atomic mass is 10.0. The summed E-state index contributed by atoms with van der Waals surface area (Å²) in [6, 6.07) is 2.85. The van der Waals surface area contributed by atoms with Gasteiger partial charge in [0.2, 0.25) is 10.0 Å². The van der Waals surface area contributed by atoms with Gasteiger partial charge in [0.1, 0.15) is 16.4 Å². The smallest absolute Gasteiger partial charge is 0.262 e. The van der Waals surface area contributed by atoms with E-state index in [4.69, 9.17) is 9.47 Å². The van der Waals surface area contributed by atoms with Crippen LogP contribution in [0.25, 0.3) is 0 Å². The summed E-state index contributed by atoms with van der Waals surface area (Å²) >= 11 is 0. The number of fused-ring (bicyclic) bond motifs is 1. The maximum atomic E-state index is 12.7. The van der Waals surface area contributed by atoms with Gasteiger partial charge in [-0.2, -0.15) is 0 Å². The van der Waals surface area contributed by atoms with Crippen molar-refractivity contribution in [3.8, 4) is 11.5 Å². The maximum absolute atomic E-state index is 12.7. The standard InChI is InChI=1S/C15H21N3O5S.ClH/c1-22-13-5-11-12(23-9-15(19)18-11)6-14(13)24(20,21)17-8-10-3-2-4-16-7-10;/h5-6,10,16-17H,2-4,7-9H2,1H3,(H,18,19);1H.